The van der Waals surface area contributed by atoms with Gasteiger partial charge < -0.3 is 10.6 Å². The van der Waals surface area contributed by atoms with Gasteiger partial charge in [-0.3, -0.25) is 4.99 Å². The van der Waals surface area contributed by atoms with E-state index in [0.717, 1.165) is 50.1 Å². The minimum atomic E-state index is 0.164. The number of hydrogen-bond donors (Lipinski definition) is 2. The summed E-state index contributed by atoms with van der Waals surface area (Å²) in [6, 6.07) is 0.354. The van der Waals surface area contributed by atoms with Crippen molar-refractivity contribution in [1.82, 2.24) is 10.6 Å². The number of nitrogens with zero attached hydrogens (tertiary/aromatic N) is 1. The maximum atomic E-state index is 4.87. The van der Waals surface area contributed by atoms with E-state index in [0.29, 0.717) is 0 Å². The molecule has 0 aromatic heterocycles. The summed E-state index contributed by atoms with van der Waals surface area (Å²) < 4.78 is 0. The Morgan fingerprint density at radius 2 is 1.71 bits per heavy atom. The Morgan fingerprint density at radius 1 is 1.04 bits per heavy atom. The van der Waals surface area contributed by atoms with Gasteiger partial charge >= 0.3 is 0 Å². The van der Waals surface area contributed by atoms with Crippen molar-refractivity contribution in [2.45, 2.75) is 85.2 Å². The van der Waals surface area contributed by atoms with Crippen LogP contribution in [0.5, 0.6) is 0 Å². The molecule has 0 saturated heterocycles. The molecule has 3 nitrogen and oxygen atoms in total. The van der Waals surface area contributed by atoms with E-state index in [1.165, 1.54) is 5.57 Å². The lowest BCUT2D eigenvalue weighted by Gasteiger charge is -2.23. The van der Waals surface area contributed by atoms with Gasteiger partial charge in [-0.1, -0.05) is 75.5 Å². The summed E-state index contributed by atoms with van der Waals surface area (Å²) in [5.74, 6) is 1.01. The van der Waals surface area contributed by atoms with Crippen LogP contribution in [0, 0.1) is 0 Å². The van der Waals surface area contributed by atoms with Crippen LogP contribution in [0.15, 0.2) is 65.4 Å². The van der Waals surface area contributed by atoms with E-state index in [9.17, 15) is 0 Å². The van der Waals surface area contributed by atoms with Crippen LogP contribution < -0.4 is 10.6 Å². The fourth-order valence-corrected chi connectivity index (χ4v) is 2.62. The second kappa shape index (κ2) is 17.1. The topological polar surface area (TPSA) is 36.4 Å². The molecule has 2 atom stereocenters. The molecule has 0 fully saturated rings. The third kappa shape index (κ3) is 13.2. The number of rotatable bonds is 14. The summed E-state index contributed by atoms with van der Waals surface area (Å²) in [6.07, 6.45) is 21.4. The van der Waals surface area contributed by atoms with Crippen molar-refractivity contribution in [1.29, 1.82) is 0 Å². The van der Waals surface area contributed by atoms with Gasteiger partial charge in [-0.25, -0.2) is 0 Å². The van der Waals surface area contributed by atoms with Gasteiger partial charge in [-0.2, -0.15) is 0 Å². The Hall–Kier alpha value is -2.03. The van der Waals surface area contributed by atoms with Crippen molar-refractivity contribution in [3.8, 4) is 0 Å². The molecule has 28 heavy (non-hydrogen) atoms. The Kier molecular flexibility index (Phi) is 15.9. The minimum absolute atomic E-state index is 0.164. The largest absolute Gasteiger partial charge is 0.382 e. The van der Waals surface area contributed by atoms with Crippen LogP contribution >= 0.6 is 0 Å². The molecular formula is C25H43N3. The summed E-state index contributed by atoms with van der Waals surface area (Å²) in [5, 5.41) is 6.85. The normalized spacial score (nSPS) is 15.5. The molecule has 158 valence electrons. The predicted octanol–water partition coefficient (Wildman–Crippen LogP) is 6.48. The highest BCUT2D eigenvalue weighted by molar-refractivity contribution is 5.83. The average Bonchev–Trinajstić information content (AvgIpc) is 2.69. The molecule has 0 spiro atoms. The molecule has 0 heterocycles. The van der Waals surface area contributed by atoms with Crippen LogP contribution in [-0.4, -0.2) is 25.0 Å². The molecule has 0 aliphatic carbocycles. The van der Waals surface area contributed by atoms with Crippen LogP contribution in [0.1, 0.15) is 73.1 Å². The van der Waals surface area contributed by atoms with Gasteiger partial charge in [-0.15, -0.1) is 0 Å². The van der Waals surface area contributed by atoms with Crippen LogP contribution in [0.2, 0.25) is 0 Å². The Morgan fingerprint density at radius 3 is 2.32 bits per heavy atom. The van der Waals surface area contributed by atoms with Gasteiger partial charge in [0.15, 0.2) is 0 Å². The standard InChI is InChI=1S/C25H43N3/c1-8-11-13-14-15-17-19-23(6)28-25(26-7)20-24(27-22(5)10-3)21(4)18-16-12-9-2/h11-13,16-19,23-24,27H,5,8-10,14-15,20H2,1-4,6-7H3,(H,26,28)/b13-11-,16-12-,19-17-,21-18+/t23?,24-/m0/s1. The van der Waals surface area contributed by atoms with Gasteiger partial charge in [0.1, 0.15) is 0 Å². The van der Waals surface area contributed by atoms with E-state index >= 15 is 0 Å². The van der Waals surface area contributed by atoms with Crippen molar-refractivity contribution in [3.05, 3.63) is 60.4 Å². The van der Waals surface area contributed by atoms with E-state index in [4.69, 9.17) is 4.99 Å². The first kappa shape index (κ1) is 26.0. The lowest BCUT2D eigenvalue weighted by Crippen LogP contribution is -2.35. The number of aliphatic imine (C=N–C) groups is 1. The lowest BCUT2D eigenvalue weighted by molar-refractivity contribution is 0.636. The predicted molar refractivity (Wildman–Crippen MR) is 128 cm³/mol. The van der Waals surface area contributed by atoms with E-state index in [2.05, 4.69) is 94.4 Å². The van der Waals surface area contributed by atoms with E-state index in [1.54, 1.807) is 0 Å². The van der Waals surface area contributed by atoms with Crippen LogP contribution in [-0.2, 0) is 0 Å². The lowest BCUT2D eigenvalue weighted by atomic mass is 10.0. The van der Waals surface area contributed by atoms with Crippen molar-refractivity contribution in [2.75, 3.05) is 7.05 Å². The fourth-order valence-electron chi connectivity index (χ4n) is 2.62. The summed E-state index contributed by atoms with van der Waals surface area (Å²) in [4.78, 5) is 4.87. The van der Waals surface area contributed by atoms with Gasteiger partial charge in [-0.05, 0) is 46.0 Å². The highest BCUT2D eigenvalue weighted by Crippen LogP contribution is 2.11. The second-order valence-electron chi connectivity index (χ2n) is 7.06. The van der Waals surface area contributed by atoms with E-state index in [1.807, 2.05) is 7.05 Å². The molecule has 0 saturated carbocycles. The quantitative estimate of drug-likeness (QED) is 0.118. The highest BCUT2D eigenvalue weighted by Gasteiger charge is 2.14. The first-order valence-corrected chi connectivity index (χ1v) is 10.8. The third-order valence-electron chi connectivity index (χ3n) is 4.45. The molecule has 0 rings (SSSR count). The monoisotopic (exact) mass is 385 g/mol. The summed E-state index contributed by atoms with van der Waals surface area (Å²) in [6.45, 7) is 14.9. The molecule has 0 bridgehead atoms. The highest BCUT2D eigenvalue weighted by atomic mass is 15.0. The molecular weight excluding hydrogens is 342 g/mol. The Bertz CT molecular complexity index is 564. The van der Waals surface area contributed by atoms with Crippen LogP contribution in [0.3, 0.4) is 0 Å². The molecule has 1 unspecified atom stereocenters. The zero-order valence-electron chi connectivity index (χ0n) is 19.1. The molecule has 0 aromatic carbocycles. The third-order valence-corrected chi connectivity index (χ3v) is 4.45. The smallest absolute Gasteiger partial charge is 0.0991 e. The number of unbranched alkanes of at least 4 members (excludes halogenated alkanes) is 1. The summed E-state index contributed by atoms with van der Waals surface area (Å²) >= 11 is 0. The maximum absolute atomic E-state index is 4.87. The zero-order valence-corrected chi connectivity index (χ0v) is 19.1. The molecule has 2 N–H and O–H groups in total. The maximum Gasteiger partial charge on any atom is 0.0991 e. The number of nitrogens with one attached hydrogen (secondary N) is 2. The number of hydrogen-bond acceptors (Lipinski definition) is 2. The molecule has 0 aliphatic rings. The summed E-state index contributed by atoms with van der Waals surface area (Å²) in [7, 11) is 1.95. The Balaban J connectivity index is 5.05. The second-order valence-corrected chi connectivity index (χ2v) is 7.06. The zero-order chi connectivity index (χ0) is 21.2. The van der Waals surface area contributed by atoms with E-state index in [-0.39, 0.29) is 12.1 Å². The van der Waals surface area contributed by atoms with Crippen LogP contribution in [0.25, 0.3) is 0 Å². The molecule has 0 aliphatic heterocycles. The summed E-state index contributed by atoms with van der Waals surface area (Å²) in [5.41, 5.74) is 2.34. The van der Waals surface area contributed by atoms with Gasteiger partial charge in [0.25, 0.3) is 0 Å². The van der Waals surface area contributed by atoms with Crippen molar-refractivity contribution >= 4 is 5.84 Å². The SMILES string of the molecule is C=C(CC)N[C@@H](C/C(=N/C(C)/C=C\CC/C=C\CC)NC)/C(C)=C/C=C\CC. The molecule has 3 heteroatoms. The van der Waals surface area contributed by atoms with Crippen molar-refractivity contribution < 1.29 is 0 Å². The first-order valence-electron chi connectivity index (χ1n) is 10.8. The first-order chi connectivity index (χ1) is 13.5. The molecule has 0 radical (unpaired) electrons. The number of allylic oxidation sites excluding steroid dienone is 7. The van der Waals surface area contributed by atoms with E-state index < -0.39 is 0 Å². The fraction of sp³-hybridized carbons (Fsp3) is 0.560. The molecule has 0 aromatic rings. The number of amidine groups is 1. The van der Waals surface area contributed by atoms with Crippen molar-refractivity contribution in [3.63, 3.8) is 0 Å². The van der Waals surface area contributed by atoms with Crippen LogP contribution in [0.4, 0.5) is 0 Å². The van der Waals surface area contributed by atoms with Gasteiger partial charge in [0.2, 0.25) is 0 Å². The minimum Gasteiger partial charge on any atom is -0.382 e. The van der Waals surface area contributed by atoms with Crippen molar-refractivity contribution in [2.24, 2.45) is 4.99 Å². The molecule has 0 amide bonds. The van der Waals surface area contributed by atoms with Gasteiger partial charge in [0.05, 0.1) is 17.9 Å². The Labute approximate surface area is 174 Å². The average molecular weight is 386 g/mol. The van der Waals surface area contributed by atoms with Gasteiger partial charge in [0, 0.05) is 19.2 Å².